The average Bonchev–Trinajstić information content (AvgIpc) is 2.72. The first kappa shape index (κ1) is 21.5. The molecule has 30 heavy (non-hydrogen) atoms. The summed E-state index contributed by atoms with van der Waals surface area (Å²) < 4.78 is 28.2. The molecule has 0 saturated heterocycles. The zero-order valence-corrected chi connectivity index (χ0v) is 17.1. The fourth-order valence-electron chi connectivity index (χ4n) is 2.57. The van der Waals surface area contributed by atoms with Crippen molar-refractivity contribution in [1.29, 1.82) is 0 Å². The van der Waals surface area contributed by atoms with Gasteiger partial charge in [0.25, 0.3) is 5.91 Å². The number of amides is 1. The van der Waals surface area contributed by atoms with Gasteiger partial charge >= 0.3 is 0 Å². The predicted octanol–water partition coefficient (Wildman–Crippen LogP) is 3.24. The van der Waals surface area contributed by atoms with Crippen molar-refractivity contribution in [3.63, 3.8) is 0 Å². The van der Waals surface area contributed by atoms with Gasteiger partial charge in [-0.3, -0.25) is 9.59 Å². The van der Waals surface area contributed by atoms with Crippen molar-refractivity contribution < 1.29 is 22.7 Å². The lowest BCUT2D eigenvalue weighted by Crippen LogP contribution is -2.20. The van der Waals surface area contributed by atoms with Gasteiger partial charge in [-0.05, 0) is 66.7 Å². The number of hydrogen-bond acceptors (Lipinski definition) is 5. The zero-order valence-electron chi connectivity index (χ0n) is 15.5. The lowest BCUT2D eigenvalue weighted by atomic mass is 10.0. The molecule has 0 saturated carbocycles. The first-order valence-corrected chi connectivity index (χ1v) is 10.6. The van der Waals surface area contributed by atoms with Crippen LogP contribution in [0.4, 0.5) is 5.69 Å². The molecule has 0 spiro atoms. The van der Waals surface area contributed by atoms with Crippen LogP contribution in [0.2, 0.25) is 5.02 Å². The van der Waals surface area contributed by atoms with Crippen molar-refractivity contribution >= 4 is 39.0 Å². The molecule has 0 fully saturated rings. The van der Waals surface area contributed by atoms with E-state index in [9.17, 15) is 18.0 Å². The van der Waals surface area contributed by atoms with E-state index in [0.29, 0.717) is 21.9 Å². The molecule has 3 rings (SSSR count). The molecule has 0 aromatic heterocycles. The van der Waals surface area contributed by atoms with Gasteiger partial charge in [0.2, 0.25) is 10.0 Å². The van der Waals surface area contributed by atoms with Crippen molar-refractivity contribution in [2.75, 3.05) is 11.9 Å². The minimum absolute atomic E-state index is 0.109. The Bertz CT molecular complexity index is 1180. The Morgan fingerprint density at radius 3 is 2.13 bits per heavy atom. The first-order valence-electron chi connectivity index (χ1n) is 8.68. The number of carbonyl (C=O) groups excluding carboxylic acids is 2. The average molecular weight is 445 g/mol. The van der Waals surface area contributed by atoms with E-state index in [4.69, 9.17) is 21.5 Å². The SMILES string of the molecule is NS(=O)(=O)c1cccc(NC(=O)COc2ccc(C(=O)c3ccc(Cl)cc3)cc2)c1. The molecule has 0 aliphatic heterocycles. The Kier molecular flexibility index (Phi) is 6.51. The highest BCUT2D eigenvalue weighted by atomic mass is 35.5. The molecule has 3 N–H and O–H groups in total. The number of sulfonamides is 1. The maximum absolute atomic E-state index is 12.4. The molecule has 3 aromatic rings. The van der Waals surface area contributed by atoms with Crippen molar-refractivity contribution in [1.82, 2.24) is 0 Å². The number of nitrogens with one attached hydrogen (secondary N) is 1. The summed E-state index contributed by atoms with van der Waals surface area (Å²) in [5.41, 5.74) is 1.25. The number of carbonyl (C=O) groups is 2. The van der Waals surface area contributed by atoms with E-state index < -0.39 is 15.9 Å². The second kappa shape index (κ2) is 9.08. The normalized spacial score (nSPS) is 11.0. The largest absolute Gasteiger partial charge is 0.484 e. The molecular weight excluding hydrogens is 428 g/mol. The van der Waals surface area contributed by atoms with Crippen LogP contribution in [0.25, 0.3) is 0 Å². The monoisotopic (exact) mass is 444 g/mol. The van der Waals surface area contributed by atoms with Crippen LogP contribution >= 0.6 is 11.6 Å². The van der Waals surface area contributed by atoms with Crippen molar-refractivity contribution in [3.8, 4) is 5.75 Å². The van der Waals surface area contributed by atoms with Crippen LogP contribution < -0.4 is 15.2 Å². The summed E-state index contributed by atoms with van der Waals surface area (Å²) in [7, 11) is -3.87. The number of rotatable bonds is 7. The minimum atomic E-state index is -3.87. The van der Waals surface area contributed by atoms with Gasteiger partial charge in [0.1, 0.15) is 5.75 Å². The molecule has 9 heteroatoms. The van der Waals surface area contributed by atoms with Crippen molar-refractivity contribution in [3.05, 3.63) is 88.9 Å². The summed E-state index contributed by atoms with van der Waals surface area (Å²) in [6, 6.07) is 18.5. The Labute approximate surface area is 178 Å². The Hall–Kier alpha value is -3.20. The summed E-state index contributed by atoms with van der Waals surface area (Å²) >= 11 is 5.83. The highest BCUT2D eigenvalue weighted by molar-refractivity contribution is 7.89. The van der Waals surface area contributed by atoms with Gasteiger partial charge in [-0.15, -0.1) is 0 Å². The molecular formula is C21H17ClN2O5S. The van der Waals surface area contributed by atoms with Crippen LogP contribution in [0.3, 0.4) is 0 Å². The fraction of sp³-hybridized carbons (Fsp3) is 0.0476. The summed E-state index contributed by atoms with van der Waals surface area (Å²) in [6.45, 7) is -0.302. The molecule has 7 nitrogen and oxygen atoms in total. The van der Waals surface area contributed by atoms with Gasteiger partial charge in [-0.2, -0.15) is 0 Å². The lowest BCUT2D eigenvalue weighted by molar-refractivity contribution is -0.118. The Morgan fingerprint density at radius 1 is 0.933 bits per heavy atom. The van der Waals surface area contributed by atoms with E-state index in [1.807, 2.05) is 0 Å². The molecule has 0 radical (unpaired) electrons. The highest BCUT2D eigenvalue weighted by Crippen LogP contribution is 2.18. The second-order valence-corrected chi connectivity index (χ2v) is 8.27. The molecule has 1 amide bonds. The Morgan fingerprint density at radius 2 is 1.53 bits per heavy atom. The standard InChI is InChI=1S/C21H17ClN2O5S/c22-16-8-4-14(5-9-16)21(26)15-6-10-18(11-7-15)29-13-20(25)24-17-2-1-3-19(12-17)30(23,27)28/h1-12H,13H2,(H,24,25)(H2,23,27,28). The van der Waals surface area contributed by atoms with Gasteiger partial charge < -0.3 is 10.1 Å². The molecule has 0 atom stereocenters. The van der Waals surface area contributed by atoms with Crippen LogP contribution in [0.1, 0.15) is 15.9 Å². The quantitative estimate of drug-likeness (QED) is 0.543. The van der Waals surface area contributed by atoms with E-state index in [1.165, 1.54) is 24.3 Å². The minimum Gasteiger partial charge on any atom is -0.484 e. The summed E-state index contributed by atoms with van der Waals surface area (Å²) in [6.07, 6.45) is 0. The summed E-state index contributed by atoms with van der Waals surface area (Å²) in [4.78, 5) is 24.4. The van der Waals surface area contributed by atoms with Gasteiger partial charge in [0.05, 0.1) is 4.90 Å². The fourth-order valence-corrected chi connectivity index (χ4v) is 3.25. The van der Waals surface area contributed by atoms with Crippen molar-refractivity contribution in [2.24, 2.45) is 5.14 Å². The van der Waals surface area contributed by atoms with Crippen LogP contribution in [0, 0.1) is 0 Å². The second-order valence-electron chi connectivity index (χ2n) is 6.27. The van der Waals surface area contributed by atoms with E-state index in [0.717, 1.165) is 0 Å². The highest BCUT2D eigenvalue weighted by Gasteiger charge is 2.11. The smallest absolute Gasteiger partial charge is 0.262 e. The van der Waals surface area contributed by atoms with Crippen LogP contribution in [-0.2, 0) is 14.8 Å². The molecule has 154 valence electrons. The molecule has 0 heterocycles. The molecule has 0 unspecified atom stereocenters. The van der Waals surface area contributed by atoms with Crippen LogP contribution in [0.5, 0.6) is 5.75 Å². The third kappa shape index (κ3) is 5.66. The number of hydrogen-bond donors (Lipinski definition) is 2. The van der Waals surface area contributed by atoms with Gasteiger partial charge in [0.15, 0.2) is 12.4 Å². The summed E-state index contributed by atoms with van der Waals surface area (Å²) in [5, 5.41) is 8.15. The maximum atomic E-state index is 12.4. The molecule has 0 aliphatic rings. The van der Waals surface area contributed by atoms with Crippen LogP contribution in [0.15, 0.2) is 77.7 Å². The topological polar surface area (TPSA) is 116 Å². The van der Waals surface area contributed by atoms with E-state index >= 15 is 0 Å². The van der Waals surface area contributed by atoms with E-state index in [1.54, 1.807) is 48.5 Å². The predicted molar refractivity (Wildman–Crippen MR) is 113 cm³/mol. The third-order valence-corrected chi connectivity index (χ3v) is 5.20. The summed E-state index contributed by atoms with van der Waals surface area (Å²) in [5.74, 6) is -0.246. The molecule has 0 bridgehead atoms. The number of halogens is 1. The lowest BCUT2D eigenvalue weighted by Gasteiger charge is -2.09. The Balaban J connectivity index is 1.58. The van der Waals surface area contributed by atoms with E-state index in [-0.39, 0.29) is 23.0 Å². The number of ether oxygens (including phenoxy) is 1. The maximum Gasteiger partial charge on any atom is 0.262 e. The first-order chi connectivity index (χ1) is 14.2. The zero-order chi connectivity index (χ0) is 21.7. The van der Waals surface area contributed by atoms with E-state index in [2.05, 4.69) is 5.32 Å². The van der Waals surface area contributed by atoms with Gasteiger partial charge in [-0.25, -0.2) is 13.6 Å². The third-order valence-electron chi connectivity index (χ3n) is 4.04. The molecule has 3 aromatic carbocycles. The number of anilines is 1. The van der Waals surface area contributed by atoms with Crippen LogP contribution in [-0.4, -0.2) is 26.7 Å². The van der Waals surface area contributed by atoms with Gasteiger partial charge in [0, 0.05) is 21.8 Å². The molecule has 0 aliphatic carbocycles. The number of primary sulfonamides is 1. The number of benzene rings is 3. The van der Waals surface area contributed by atoms with Crippen molar-refractivity contribution in [2.45, 2.75) is 4.90 Å². The van der Waals surface area contributed by atoms with Gasteiger partial charge in [-0.1, -0.05) is 17.7 Å². The number of ketones is 1. The number of nitrogens with two attached hydrogens (primary N) is 1.